The van der Waals surface area contributed by atoms with Crippen LogP contribution in [0.3, 0.4) is 0 Å². The molecule has 1 atom stereocenters. The molecule has 1 unspecified atom stereocenters. The van der Waals surface area contributed by atoms with Gasteiger partial charge in [0.15, 0.2) is 5.13 Å². The molecule has 0 saturated heterocycles. The molecule has 0 radical (unpaired) electrons. The van der Waals surface area contributed by atoms with Gasteiger partial charge in [-0.25, -0.2) is 4.98 Å². The molecule has 0 aliphatic carbocycles. The zero-order valence-corrected chi connectivity index (χ0v) is 17.0. The van der Waals surface area contributed by atoms with Crippen LogP contribution < -0.4 is 5.32 Å². The molecule has 5 nitrogen and oxygen atoms in total. The molecule has 1 heterocycles. The third-order valence-corrected chi connectivity index (χ3v) is 5.48. The van der Waals surface area contributed by atoms with Crippen molar-refractivity contribution in [1.29, 1.82) is 0 Å². The van der Waals surface area contributed by atoms with Gasteiger partial charge in [0.05, 0.1) is 18.2 Å². The van der Waals surface area contributed by atoms with E-state index in [0.29, 0.717) is 16.4 Å². The van der Waals surface area contributed by atoms with Crippen molar-refractivity contribution in [2.45, 2.75) is 26.3 Å². The van der Waals surface area contributed by atoms with Gasteiger partial charge in [-0.3, -0.25) is 14.9 Å². The molecule has 1 N–H and O–H groups in total. The van der Waals surface area contributed by atoms with Crippen molar-refractivity contribution in [3.8, 4) is 0 Å². The van der Waals surface area contributed by atoms with Gasteiger partial charge < -0.3 is 4.90 Å². The van der Waals surface area contributed by atoms with Crippen molar-refractivity contribution in [3.63, 3.8) is 0 Å². The fourth-order valence-electron chi connectivity index (χ4n) is 2.77. The van der Waals surface area contributed by atoms with Crippen molar-refractivity contribution in [2.24, 2.45) is 0 Å². The maximum Gasteiger partial charge on any atom is 0.257 e. The lowest BCUT2D eigenvalue weighted by molar-refractivity contribution is -0.131. The Labute approximate surface area is 169 Å². The van der Waals surface area contributed by atoms with Crippen LogP contribution in [0.1, 0.15) is 40.1 Å². The Morgan fingerprint density at radius 3 is 2.46 bits per heavy atom. The van der Waals surface area contributed by atoms with E-state index in [1.54, 1.807) is 24.1 Å². The predicted octanol–water partition coefficient (Wildman–Crippen LogP) is 4.47. The summed E-state index contributed by atoms with van der Waals surface area (Å²) in [5.41, 5.74) is 3.51. The summed E-state index contributed by atoms with van der Waals surface area (Å²) >= 11 is 1.32. The number of aryl methyl sites for hydroxylation is 1. The summed E-state index contributed by atoms with van der Waals surface area (Å²) in [5.74, 6) is -0.225. The Morgan fingerprint density at radius 1 is 1.11 bits per heavy atom. The first kappa shape index (κ1) is 19.8. The molecule has 0 bridgehead atoms. The Morgan fingerprint density at radius 2 is 1.79 bits per heavy atom. The normalized spacial score (nSPS) is 11.7. The number of nitrogens with one attached hydrogen (secondary N) is 1. The number of thiazole rings is 1. The summed E-state index contributed by atoms with van der Waals surface area (Å²) in [4.78, 5) is 31.0. The quantitative estimate of drug-likeness (QED) is 0.672. The predicted molar refractivity (Wildman–Crippen MR) is 113 cm³/mol. The SMILES string of the molecule is Cc1ccc(C(C)N(C)C(=O)Cc2csc(NC(=O)c3ccccc3)n2)cc1. The minimum Gasteiger partial charge on any atom is -0.339 e. The van der Waals surface area contributed by atoms with Gasteiger partial charge in [0.1, 0.15) is 0 Å². The Kier molecular flexibility index (Phi) is 6.21. The van der Waals surface area contributed by atoms with Crippen molar-refractivity contribution in [2.75, 3.05) is 12.4 Å². The van der Waals surface area contributed by atoms with Gasteiger partial charge in [0.2, 0.25) is 5.91 Å². The Balaban J connectivity index is 1.60. The molecule has 28 heavy (non-hydrogen) atoms. The van der Waals surface area contributed by atoms with Gasteiger partial charge >= 0.3 is 0 Å². The molecule has 144 valence electrons. The molecule has 2 aromatic carbocycles. The van der Waals surface area contributed by atoms with Crippen LogP contribution in [0.25, 0.3) is 0 Å². The van der Waals surface area contributed by atoms with Crippen LogP contribution in [-0.4, -0.2) is 28.7 Å². The third-order valence-electron chi connectivity index (χ3n) is 4.67. The number of carbonyl (C=O) groups excluding carboxylic acids is 2. The molecule has 3 aromatic rings. The number of aromatic nitrogens is 1. The Bertz CT molecular complexity index is 951. The molecule has 6 heteroatoms. The monoisotopic (exact) mass is 393 g/mol. The van der Waals surface area contributed by atoms with Crippen LogP contribution in [0, 0.1) is 6.92 Å². The molecule has 0 saturated carbocycles. The highest BCUT2D eigenvalue weighted by atomic mass is 32.1. The largest absolute Gasteiger partial charge is 0.339 e. The lowest BCUT2D eigenvalue weighted by Crippen LogP contribution is -2.31. The van der Waals surface area contributed by atoms with E-state index in [4.69, 9.17) is 0 Å². The van der Waals surface area contributed by atoms with Crippen molar-refractivity contribution < 1.29 is 9.59 Å². The fraction of sp³-hybridized carbons (Fsp3) is 0.227. The van der Waals surface area contributed by atoms with E-state index in [0.717, 1.165) is 5.56 Å². The van der Waals surface area contributed by atoms with Crippen LogP contribution in [0.15, 0.2) is 60.0 Å². The van der Waals surface area contributed by atoms with Gasteiger partial charge in [-0.1, -0.05) is 48.0 Å². The van der Waals surface area contributed by atoms with Gasteiger partial charge in [-0.05, 0) is 31.5 Å². The smallest absolute Gasteiger partial charge is 0.257 e. The molecular formula is C22H23N3O2S. The van der Waals surface area contributed by atoms with Crippen LogP contribution in [0.5, 0.6) is 0 Å². The van der Waals surface area contributed by atoms with Crippen molar-refractivity contribution >= 4 is 28.3 Å². The molecule has 0 aliphatic heterocycles. The van der Waals surface area contributed by atoms with Crippen LogP contribution in [0.2, 0.25) is 0 Å². The number of likely N-dealkylation sites (N-methyl/N-ethyl adjacent to an activating group) is 1. The summed E-state index contributed by atoms with van der Waals surface area (Å²) in [6, 6.07) is 17.1. The number of hydrogen-bond donors (Lipinski definition) is 1. The molecule has 0 fully saturated rings. The number of anilines is 1. The lowest BCUT2D eigenvalue weighted by atomic mass is 10.1. The molecule has 3 rings (SSSR count). The number of benzene rings is 2. The average Bonchev–Trinajstić information content (AvgIpc) is 3.14. The van der Waals surface area contributed by atoms with Crippen LogP contribution in [-0.2, 0) is 11.2 Å². The van der Waals surface area contributed by atoms with E-state index in [-0.39, 0.29) is 24.3 Å². The fourth-order valence-corrected chi connectivity index (χ4v) is 3.47. The van der Waals surface area contributed by atoms with E-state index < -0.39 is 0 Å². The minimum atomic E-state index is -0.210. The maximum atomic E-state index is 12.7. The van der Waals surface area contributed by atoms with E-state index in [1.807, 2.05) is 61.7 Å². The number of amides is 2. The van der Waals surface area contributed by atoms with Gasteiger partial charge in [-0.15, -0.1) is 11.3 Å². The highest BCUT2D eigenvalue weighted by Crippen LogP contribution is 2.22. The molecular weight excluding hydrogens is 370 g/mol. The molecule has 2 amide bonds. The standard InChI is InChI=1S/C22H23N3O2S/c1-15-9-11-17(12-10-15)16(2)25(3)20(26)13-19-14-28-22(23-19)24-21(27)18-7-5-4-6-8-18/h4-12,14,16H,13H2,1-3H3,(H,23,24,27). The molecule has 0 aliphatic rings. The topological polar surface area (TPSA) is 62.3 Å². The molecule has 1 aromatic heterocycles. The first-order valence-electron chi connectivity index (χ1n) is 9.07. The second-order valence-corrected chi connectivity index (χ2v) is 7.59. The van der Waals surface area contributed by atoms with Crippen LogP contribution in [0.4, 0.5) is 5.13 Å². The zero-order valence-electron chi connectivity index (χ0n) is 16.2. The minimum absolute atomic E-state index is 0.0145. The van der Waals surface area contributed by atoms with Crippen molar-refractivity contribution in [3.05, 3.63) is 82.4 Å². The number of carbonyl (C=O) groups is 2. The van der Waals surface area contributed by atoms with E-state index >= 15 is 0 Å². The van der Waals surface area contributed by atoms with Crippen molar-refractivity contribution in [1.82, 2.24) is 9.88 Å². The zero-order chi connectivity index (χ0) is 20.1. The number of nitrogens with zero attached hydrogens (tertiary/aromatic N) is 2. The van der Waals surface area contributed by atoms with E-state index in [9.17, 15) is 9.59 Å². The van der Waals surface area contributed by atoms with Gasteiger partial charge in [0.25, 0.3) is 5.91 Å². The van der Waals surface area contributed by atoms with E-state index in [1.165, 1.54) is 16.9 Å². The lowest BCUT2D eigenvalue weighted by Gasteiger charge is -2.25. The van der Waals surface area contributed by atoms with Crippen LogP contribution >= 0.6 is 11.3 Å². The first-order chi connectivity index (χ1) is 13.4. The van der Waals surface area contributed by atoms with Gasteiger partial charge in [0, 0.05) is 18.0 Å². The van der Waals surface area contributed by atoms with Gasteiger partial charge in [-0.2, -0.15) is 0 Å². The number of rotatable bonds is 6. The second-order valence-electron chi connectivity index (χ2n) is 6.73. The summed E-state index contributed by atoms with van der Waals surface area (Å²) in [7, 11) is 1.80. The average molecular weight is 394 g/mol. The summed E-state index contributed by atoms with van der Waals surface area (Å²) < 4.78 is 0. The highest BCUT2D eigenvalue weighted by molar-refractivity contribution is 7.14. The van der Waals surface area contributed by atoms with E-state index in [2.05, 4.69) is 10.3 Å². The highest BCUT2D eigenvalue weighted by Gasteiger charge is 2.19. The summed E-state index contributed by atoms with van der Waals surface area (Å²) in [6.45, 7) is 4.05. The number of hydrogen-bond acceptors (Lipinski definition) is 4. The summed E-state index contributed by atoms with van der Waals surface area (Å²) in [6.07, 6.45) is 0.199. The maximum absolute atomic E-state index is 12.7. The Hall–Kier alpha value is -2.99. The molecule has 0 spiro atoms. The second kappa shape index (κ2) is 8.80. The first-order valence-corrected chi connectivity index (χ1v) is 9.95. The summed E-state index contributed by atoms with van der Waals surface area (Å²) in [5, 5.41) is 5.08. The third kappa shape index (κ3) is 4.84.